The zero-order valence-corrected chi connectivity index (χ0v) is 9.72. The number of hydrogen-bond donors (Lipinski definition) is 1. The van der Waals surface area contributed by atoms with Crippen LogP contribution in [-0.2, 0) is 4.79 Å². The Kier molecular flexibility index (Phi) is 3.64. The van der Waals surface area contributed by atoms with E-state index in [0.29, 0.717) is 12.8 Å². The lowest BCUT2D eigenvalue weighted by Gasteiger charge is -2.32. The standard InChI is InChI=1S/C12H18F3NO/c13-12(14,15)9-4-6-10(7-5-9)16-11(17)8-2-1-3-8/h8-10H,1-7H2,(H,16,17). The maximum Gasteiger partial charge on any atom is 0.391 e. The maximum atomic E-state index is 12.4. The van der Waals surface area contributed by atoms with Gasteiger partial charge in [0.05, 0.1) is 5.92 Å². The Bertz CT molecular complexity index is 278. The van der Waals surface area contributed by atoms with Crippen LogP contribution >= 0.6 is 0 Å². The van der Waals surface area contributed by atoms with E-state index in [4.69, 9.17) is 0 Å². The number of hydrogen-bond acceptors (Lipinski definition) is 1. The zero-order chi connectivity index (χ0) is 12.5. The highest BCUT2D eigenvalue weighted by molar-refractivity contribution is 5.79. The molecule has 0 heterocycles. The van der Waals surface area contributed by atoms with Crippen molar-refractivity contribution in [2.75, 3.05) is 0 Å². The molecule has 2 nitrogen and oxygen atoms in total. The summed E-state index contributed by atoms with van der Waals surface area (Å²) in [6.07, 6.45) is 0.124. The van der Waals surface area contributed by atoms with Crippen LogP contribution < -0.4 is 5.32 Å². The molecular formula is C12H18F3NO. The van der Waals surface area contributed by atoms with Crippen molar-refractivity contribution in [1.82, 2.24) is 5.32 Å². The Morgan fingerprint density at radius 2 is 1.59 bits per heavy atom. The van der Waals surface area contributed by atoms with E-state index in [1.807, 2.05) is 0 Å². The Morgan fingerprint density at radius 3 is 2.00 bits per heavy atom. The average Bonchev–Trinajstić information content (AvgIpc) is 2.13. The van der Waals surface area contributed by atoms with Crippen molar-refractivity contribution in [3.05, 3.63) is 0 Å². The number of alkyl halides is 3. The number of rotatable bonds is 2. The summed E-state index contributed by atoms with van der Waals surface area (Å²) in [5.41, 5.74) is 0. The summed E-state index contributed by atoms with van der Waals surface area (Å²) < 4.78 is 37.3. The van der Waals surface area contributed by atoms with Gasteiger partial charge < -0.3 is 5.32 Å². The van der Waals surface area contributed by atoms with E-state index < -0.39 is 12.1 Å². The van der Waals surface area contributed by atoms with E-state index in [9.17, 15) is 18.0 Å². The van der Waals surface area contributed by atoms with Crippen molar-refractivity contribution in [2.45, 2.75) is 57.2 Å². The van der Waals surface area contributed by atoms with Gasteiger partial charge in [-0.2, -0.15) is 13.2 Å². The first kappa shape index (κ1) is 12.7. The molecule has 0 aromatic carbocycles. The number of amides is 1. The van der Waals surface area contributed by atoms with Gasteiger partial charge in [-0.15, -0.1) is 0 Å². The van der Waals surface area contributed by atoms with Crippen LogP contribution in [0.5, 0.6) is 0 Å². The molecule has 0 atom stereocenters. The van der Waals surface area contributed by atoms with E-state index in [1.54, 1.807) is 0 Å². The van der Waals surface area contributed by atoms with Gasteiger partial charge in [-0.1, -0.05) is 6.42 Å². The van der Waals surface area contributed by atoms with E-state index in [1.165, 1.54) is 0 Å². The molecule has 1 N–H and O–H groups in total. The summed E-state index contributed by atoms with van der Waals surface area (Å²) in [4.78, 5) is 11.6. The highest BCUT2D eigenvalue weighted by atomic mass is 19.4. The molecule has 2 aliphatic carbocycles. The van der Waals surface area contributed by atoms with Gasteiger partial charge in [0, 0.05) is 12.0 Å². The summed E-state index contributed by atoms with van der Waals surface area (Å²) in [6.45, 7) is 0. The molecule has 0 radical (unpaired) electrons. The van der Waals surface area contributed by atoms with Crippen LogP contribution in [0.3, 0.4) is 0 Å². The first-order valence-corrected chi connectivity index (χ1v) is 6.34. The van der Waals surface area contributed by atoms with Gasteiger partial charge in [-0.25, -0.2) is 0 Å². The summed E-state index contributed by atoms with van der Waals surface area (Å²) in [7, 11) is 0. The Labute approximate surface area is 98.9 Å². The van der Waals surface area contributed by atoms with E-state index >= 15 is 0 Å². The third-order valence-corrected chi connectivity index (χ3v) is 4.01. The summed E-state index contributed by atoms with van der Waals surface area (Å²) in [6, 6.07) is -0.0401. The fourth-order valence-electron chi connectivity index (χ4n) is 2.55. The molecule has 0 aromatic rings. The van der Waals surface area contributed by atoms with Crippen LogP contribution in [0, 0.1) is 11.8 Å². The monoisotopic (exact) mass is 249 g/mol. The third-order valence-electron chi connectivity index (χ3n) is 4.01. The minimum Gasteiger partial charge on any atom is -0.353 e. The number of nitrogens with one attached hydrogen (secondary N) is 1. The first-order chi connectivity index (χ1) is 7.97. The fourth-order valence-corrected chi connectivity index (χ4v) is 2.55. The summed E-state index contributed by atoms with van der Waals surface area (Å²) in [5.74, 6) is -0.999. The molecule has 0 aromatic heterocycles. The minimum atomic E-state index is -4.07. The molecule has 17 heavy (non-hydrogen) atoms. The second-order valence-electron chi connectivity index (χ2n) is 5.23. The van der Waals surface area contributed by atoms with E-state index in [2.05, 4.69) is 5.32 Å². The molecule has 1 amide bonds. The molecular weight excluding hydrogens is 231 g/mol. The lowest BCUT2D eigenvalue weighted by molar-refractivity contribution is -0.182. The molecule has 0 unspecified atom stereocenters. The van der Waals surface area contributed by atoms with Crippen LogP contribution in [0.25, 0.3) is 0 Å². The van der Waals surface area contributed by atoms with E-state index in [-0.39, 0.29) is 30.7 Å². The topological polar surface area (TPSA) is 29.1 Å². The zero-order valence-electron chi connectivity index (χ0n) is 9.72. The lowest BCUT2D eigenvalue weighted by Crippen LogP contribution is -2.43. The molecule has 0 aliphatic heterocycles. The van der Waals surface area contributed by atoms with Gasteiger partial charge in [0.2, 0.25) is 5.91 Å². The van der Waals surface area contributed by atoms with Gasteiger partial charge in [-0.05, 0) is 38.5 Å². The maximum absolute atomic E-state index is 12.4. The Hall–Kier alpha value is -0.740. The Balaban J connectivity index is 1.73. The predicted octanol–water partition coefficient (Wildman–Crippen LogP) is 3.02. The molecule has 0 spiro atoms. The first-order valence-electron chi connectivity index (χ1n) is 6.34. The summed E-state index contributed by atoms with van der Waals surface area (Å²) >= 11 is 0. The number of halogens is 3. The molecule has 2 fully saturated rings. The lowest BCUT2D eigenvalue weighted by atomic mass is 9.82. The van der Waals surface area contributed by atoms with Crippen molar-refractivity contribution >= 4 is 5.91 Å². The van der Waals surface area contributed by atoms with Gasteiger partial charge in [0.15, 0.2) is 0 Å². The number of carbonyl (C=O) groups is 1. The predicted molar refractivity (Wildman–Crippen MR) is 57.3 cm³/mol. The van der Waals surface area contributed by atoms with Crippen molar-refractivity contribution in [3.63, 3.8) is 0 Å². The van der Waals surface area contributed by atoms with Crippen LogP contribution in [0.2, 0.25) is 0 Å². The molecule has 98 valence electrons. The van der Waals surface area contributed by atoms with Crippen molar-refractivity contribution in [3.8, 4) is 0 Å². The quantitative estimate of drug-likeness (QED) is 0.800. The summed E-state index contributed by atoms with van der Waals surface area (Å²) in [5, 5.41) is 2.89. The highest BCUT2D eigenvalue weighted by Crippen LogP contribution is 2.37. The van der Waals surface area contributed by atoms with Crippen molar-refractivity contribution < 1.29 is 18.0 Å². The fraction of sp³-hybridized carbons (Fsp3) is 0.917. The second kappa shape index (κ2) is 4.86. The molecule has 0 bridgehead atoms. The number of carbonyl (C=O) groups excluding carboxylic acids is 1. The average molecular weight is 249 g/mol. The molecule has 2 rings (SSSR count). The largest absolute Gasteiger partial charge is 0.391 e. The normalized spacial score (nSPS) is 30.8. The third kappa shape index (κ3) is 3.13. The highest BCUT2D eigenvalue weighted by Gasteiger charge is 2.41. The van der Waals surface area contributed by atoms with Crippen LogP contribution in [0.1, 0.15) is 44.9 Å². The second-order valence-corrected chi connectivity index (χ2v) is 5.23. The molecule has 5 heteroatoms. The molecule has 0 saturated heterocycles. The van der Waals surface area contributed by atoms with Gasteiger partial charge in [0.1, 0.15) is 0 Å². The van der Waals surface area contributed by atoms with Gasteiger partial charge in [-0.3, -0.25) is 4.79 Å². The molecule has 2 saturated carbocycles. The van der Waals surface area contributed by atoms with Crippen LogP contribution in [-0.4, -0.2) is 18.1 Å². The van der Waals surface area contributed by atoms with Gasteiger partial charge >= 0.3 is 6.18 Å². The van der Waals surface area contributed by atoms with E-state index in [0.717, 1.165) is 19.3 Å². The van der Waals surface area contributed by atoms with Crippen molar-refractivity contribution in [2.24, 2.45) is 11.8 Å². The minimum absolute atomic E-state index is 0.0401. The Morgan fingerprint density at radius 1 is 1.00 bits per heavy atom. The molecule has 2 aliphatic rings. The smallest absolute Gasteiger partial charge is 0.353 e. The van der Waals surface area contributed by atoms with Gasteiger partial charge in [0.25, 0.3) is 0 Å². The van der Waals surface area contributed by atoms with Crippen LogP contribution in [0.15, 0.2) is 0 Å². The van der Waals surface area contributed by atoms with Crippen molar-refractivity contribution in [1.29, 1.82) is 0 Å². The van der Waals surface area contributed by atoms with Crippen LogP contribution in [0.4, 0.5) is 13.2 Å². The SMILES string of the molecule is O=C(NC1CCC(C(F)(F)F)CC1)C1CCC1.